The van der Waals surface area contributed by atoms with Crippen molar-refractivity contribution in [3.8, 4) is 5.75 Å². The van der Waals surface area contributed by atoms with Crippen LogP contribution in [0.4, 0.5) is 0 Å². The Morgan fingerprint density at radius 2 is 1.55 bits per heavy atom. The first-order valence-electron chi connectivity index (χ1n) is 10.1. The Kier molecular flexibility index (Phi) is 7.31. The third-order valence-corrected chi connectivity index (χ3v) is 7.77. The van der Waals surface area contributed by atoms with Crippen molar-refractivity contribution in [2.24, 2.45) is 0 Å². The summed E-state index contributed by atoms with van der Waals surface area (Å²) >= 11 is 0. The van der Waals surface area contributed by atoms with E-state index in [1.165, 1.54) is 0 Å². The Labute approximate surface area is 173 Å². The van der Waals surface area contributed by atoms with Gasteiger partial charge in [-0.25, -0.2) is 8.42 Å². The molecule has 0 bridgehead atoms. The van der Waals surface area contributed by atoms with Gasteiger partial charge in [0.25, 0.3) is 0 Å². The summed E-state index contributed by atoms with van der Waals surface area (Å²) in [6.45, 7) is 0.885. The topological polar surface area (TPSA) is 63.7 Å². The molecule has 6 heteroatoms. The van der Waals surface area contributed by atoms with Crippen LogP contribution in [0.1, 0.15) is 43.2 Å². The molecule has 0 radical (unpaired) electrons. The van der Waals surface area contributed by atoms with Crippen LogP contribution in [0.3, 0.4) is 0 Å². The van der Waals surface area contributed by atoms with Crippen molar-refractivity contribution in [3.05, 3.63) is 65.7 Å². The lowest BCUT2D eigenvalue weighted by Gasteiger charge is -2.24. The molecule has 0 unspecified atom stereocenters. The van der Waals surface area contributed by atoms with Crippen LogP contribution in [-0.2, 0) is 27.7 Å². The number of benzene rings is 2. The molecule has 1 amide bonds. The molecule has 0 saturated heterocycles. The molecule has 0 aromatic heterocycles. The third kappa shape index (κ3) is 6.07. The van der Waals surface area contributed by atoms with Crippen LogP contribution in [-0.4, -0.2) is 37.3 Å². The molecule has 5 nitrogen and oxygen atoms in total. The fourth-order valence-electron chi connectivity index (χ4n) is 3.79. The molecule has 2 aromatic rings. The van der Waals surface area contributed by atoms with Gasteiger partial charge in [0.15, 0.2) is 9.84 Å². The van der Waals surface area contributed by atoms with Crippen LogP contribution in [0, 0.1) is 0 Å². The predicted octanol–water partition coefficient (Wildman–Crippen LogP) is 3.97. The van der Waals surface area contributed by atoms with Crippen LogP contribution in [0.15, 0.2) is 54.6 Å². The average molecular weight is 416 g/mol. The first kappa shape index (κ1) is 21.4. The zero-order valence-electron chi connectivity index (χ0n) is 16.9. The van der Waals surface area contributed by atoms with Gasteiger partial charge >= 0.3 is 0 Å². The summed E-state index contributed by atoms with van der Waals surface area (Å²) in [7, 11) is -1.59. The van der Waals surface area contributed by atoms with Crippen molar-refractivity contribution < 1.29 is 17.9 Å². The molecular formula is C23H29NO4S. The molecule has 0 heterocycles. The lowest BCUT2D eigenvalue weighted by molar-refractivity contribution is -0.132. The van der Waals surface area contributed by atoms with Crippen molar-refractivity contribution in [2.45, 2.75) is 50.4 Å². The van der Waals surface area contributed by atoms with E-state index in [9.17, 15) is 13.2 Å². The number of hydrogen-bond acceptors (Lipinski definition) is 4. The first-order chi connectivity index (χ1) is 14.0. The van der Waals surface area contributed by atoms with E-state index in [-0.39, 0.29) is 23.3 Å². The van der Waals surface area contributed by atoms with Crippen LogP contribution in [0.2, 0.25) is 0 Å². The van der Waals surface area contributed by atoms with Gasteiger partial charge in [0, 0.05) is 19.5 Å². The highest BCUT2D eigenvalue weighted by atomic mass is 32.2. The third-order valence-electron chi connectivity index (χ3n) is 5.51. The van der Waals surface area contributed by atoms with E-state index >= 15 is 0 Å². The van der Waals surface area contributed by atoms with Gasteiger partial charge in [-0.1, -0.05) is 55.3 Å². The van der Waals surface area contributed by atoms with E-state index in [1.807, 2.05) is 54.6 Å². The largest absolute Gasteiger partial charge is 0.497 e. The maximum absolute atomic E-state index is 13.0. The molecule has 1 aliphatic rings. The quantitative estimate of drug-likeness (QED) is 0.622. The van der Waals surface area contributed by atoms with Gasteiger partial charge in [-0.05, 0) is 36.1 Å². The van der Waals surface area contributed by atoms with Gasteiger partial charge in [-0.15, -0.1) is 0 Å². The number of carbonyl (C=O) groups excluding carboxylic acids is 1. The highest BCUT2D eigenvalue weighted by molar-refractivity contribution is 7.92. The molecule has 0 aliphatic heterocycles. The monoisotopic (exact) mass is 415 g/mol. The molecule has 1 fully saturated rings. The number of nitrogens with zero attached hydrogens (tertiary/aromatic N) is 1. The summed E-state index contributed by atoms with van der Waals surface area (Å²) in [6.07, 6.45) is 3.43. The number of methoxy groups -OCH3 is 1. The van der Waals surface area contributed by atoms with Crippen LogP contribution in [0.5, 0.6) is 5.75 Å². The number of sulfone groups is 1. The zero-order valence-corrected chi connectivity index (χ0v) is 17.7. The van der Waals surface area contributed by atoms with E-state index in [0.717, 1.165) is 42.6 Å². The normalized spacial score (nSPS) is 14.7. The molecule has 0 atom stereocenters. The highest BCUT2D eigenvalue weighted by Gasteiger charge is 2.29. The zero-order chi connectivity index (χ0) is 20.7. The number of hydrogen-bond donors (Lipinski definition) is 0. The van der Waals surface area contributed by atoms with Crippen molar-refractivity contribution in [2.75, 3.05) is 12.9 Å². The van der Waals surface area contributed by atoms with Gasteiger partial charge in [0.05, 0.1) is 18.1 Å². The summed E-state index contributed by atoms with van der Waals surface area (Å²) in [5.41, 5.74) is 2.00. The van der Waals surface area contributed by atoms with Crippen molar-refractivity contribution >= 4 is 15.7 Å². The average Bonchev–Trinajstić information content (AvgIpc) is 3.29. The SMILES string of the molecule is COc1ccc(CN(Cc2ccccc2)C(=O)CCS(=O)(=O)C2CCCC2)cc1. The predicted molar refractivity (Wildman–Crippen MR) is 114 cm³/mol. The second-order valence-corrected chi connectivity index (χ2v) is 10.0. The van der Waals surface area contributed by atoms with Crippen molar-refractivity contribution in [1.82, 2.24) is 4.90 Å². The minimum absolute atomic E-state index is 0.0296. The Morgan fingerprint density at radius 1 is 0.966 bits per heavy atom. The minimum atomic E-state index is -3.21. The molecule has 1 aliphatic carbocycles. The number of rotatable bonds is 9. The Balaban J connectivity index is 1.69. The molecule has 3 rings (SSSR count). The number of carbonyl (C=O) groups is 1. The van der Waals surface area contributed by atoms with E-state index in [1.54, 1.807) is 12.0 Å². The summed E-state index contributed by atoms with van der Waals surface area (Å²) in [4.78, 5) is 14.7. The Bertz CT molecular complexity index is 888. The Morgan fingerprint density at radius 3 is 2.14 bits per heavy atom. The fourth-order valence-corrected chi connectivity index (χ4v) is 5.63. The summed E-state index contributed by atoms with van der Waals surface area (Å²) in [5.74, 6) is 0.563. The van der Waals surface area contributed by atoms with Gasteiger partial charge in [0.1, 0.15) is 5.75 Å². The lowest BCUT2D eigenvalue weighted by Crippen LogP contribution is -2.32. The molecule has 29 heavy (non-hydrogen) atoms. The molecule has 0 spiro atoms. The van der Waals surface area contributed by atoms with E-state index in [0.29, 0.717) is 13.1 Å². The second-order valence-electron chi connectivity index (χ2n) is 7.61. The molecule has 156 valence electrons. The van der Waals surface area contributed by atoms with Gasteiger partial charge in [0.2, 0.25) is 5.91 Å². The van der Waals surface area contributed by atoms with Gasteiger partial charge < -0.3 is 9.64 Å². The van der Waals surface area contributed by atoms with E-state index in [4.69, 9.17) is 4.74 Å². The maximum Gasteiger partial charge on any atom is 0.224 e. The van der Waals surface area contributed by atoms with E-state index in [2.05, 4.69) is 0 Å². The fraction of sp³-hybridized carbons (Fsp3) is 0.435. The van der Waals surface area contributed by atoms with Gasteiger partial charge in [-0.3, -0.25) is 4.79 Å². The maximum atomic E-state index is 13.0. The standard InChI is InChI=1S/C23H29NO4S/c1-28-21-13-11-20(12-14-21)18-24(17-19-7-3-2-4-8-19)23(25)15-16-29(26,27)22-9-5-6-10-22/h2-4,7-8,11-14,22H,5-6,9-10,15-18H2,1H3. The van der Waals surface area contributed by atoms with Crippen LogP contribution < -0.4 is 4.74 Å². The molecule has 1 saturated carbocycles. The molecule has 0 N–H and O–H groups in total. The van der Waals surface area contributed by atoms with Crippen LogP contribution in [0.25, 0.3) is 0 Å². The summed E-state index contributed by atoms with van der Waals surface area (Å²) < 4.78 is 30.3. The van der Waals surface area contributed by atoms with Crippen molar-refractivity contribution in [3.63, 3.8) is 0 Å². The molecule has 2 aromatic carbocycles. The highest BCUT2D eigenvalue weighted by Crippen LogP contribution is 2.26. The Hall–Kier alpha value is -2.34. The number of ether oxygens (including phenoxy) is 1. The number of amides is 1. The van der Waals surface area contributed by atoms with Crippen molar-refractivity contribution in [1.29, 1.82) is 0 Å². The second kappa shape index (κ2) is 9.92. The lowest BCUT2D eigenvalue weighted by atomic mass is 10.1. The minimum Gasteiger partial charge on any atom is -0.497 e. The van der Waals surface area contributed by atoms with Gasteiger partial charge in [-0.2, -0.15) is 0 Å². The molecular weight excluding hydrogens is 386 g/mol. The van der Waals surface area contributed by atoms with Crippen LogP contribution >= 0.6 is 0 Å². The first-order valence-corrected chi connectivity index (χ1v) is 11.9. The smallest absolute Gasteiger partial charge is 0.224 e. The van der Waals surface area contributed by atoms with E-state index < -0.39 is 9.84 Å². The summed E-state index contributed by atoms with van der Waals surface area (Å²) in [5, 5.41) is -0.264. The summed E-state index contributed by atoms with van der Waals surface area (Å²) in [6, 6.07) is 17.4.